The van der Waals surface area contributed by atoms with Gasteiger partial charge in [0.05, 0.1) is 0 Å². The van der Waals surface area contributed by atoms with E-state index < -0.39 is 17.6 Å². The Bertz CT molecular complexity index is 358. The summed E-state index contributed by atoms with van der Waals surface area (Å²) in [7, 11) is -0.404. The summed E-state index contributed by atoms with van der Waals surface area (Å²) in [5, 5.41) is 0. The summed E-state index contributed by atoms with van der Waals surface area (Å²) in [5.41, 5.74) is 0.194. The quantitative estimate of drug-likeness (QED) is 0.143. The first kappa shape index (κ1) is 30.5. The molecule has 0 N–H and O–H groups in total. The van der Waals surface area contributed by atoms with Gasteiger partial charge in [0.15, 0.2) is 0 Å². The number of rotatable bonds is 22. The lowest BCUT2D eigenvalue weighted by atomic mass is 10.3. The van der Waals surface area contributed by atoms with E-state index in [1.807, 2.05) is 11.8 Å². The molecule has 30 heavy (non-hydrogen) atoms. The van der Waals surface area contributed by atoms with Crippen LogP contribution >= 0.6 is 11.8 Å². The molecule has 0 bridgehead atoms. The minimum Gasteiger partial charge on any atom is -0.377 e. The fourth-order valence-corrected chi connectivity index (χ4v) is 10.4. The van der Waals surface area contributed by atoms with Crippen molar-refractivity contribution >= 4 is 29.4 Å². The molecule has 1 atom stereocenters. The molecule has 0 saturated carbocycles. The van der Waals surface area contributed by atoms with Crippen LogP contribution in [0, 0.1) is 0 Å². The van der Waals surface area contributed by atoms with E-state index in [0.717, 1.165) is 43.9 Å². The highest BCUT2D eigenvalue weighted by Gasteiger charge is 2.49. The summed E-state index contributed by atoms with van der Waals surface area (Å²) in [5.74, 6) is 2.27. The fourth-order valence-electron chi connectivity index (χ4n) is 3.29. The third kappa shape index (κ3) is 11.4. The number of hydrogen-bond acceptors (Lipinski definition) is 7. The van der Waals surface area contributed by atoms with Gasteiger partial charge in [-0.05, 0) is 50.0 Å². The summed E-state index contributed by atoms with van der Waals surface area (Å²) in [6, 6.07) is 0.766. The van der Waals surface area contributed by atoms with Crippen molar-refractivity contribution in [1.82, 2.24) is 0 Å². The molecule has 0 radical (unpaired) electrons. The Morgan fingerprint density at radius 1 is 0.667 bits per heavy atom. The fraction of sp³-hybridized carbons (Fsp3) is 1.00. The van der Waals surface area contributed by atoms with Gasteiger partial charge < -0.3 is 26.6 Å². The first-order valence-electron chi connectivity index (χ1n) is 11.7. The molecule has 1 unspecified atom stereocenters. The van der Waals surface area contributed by atoms with Gasteiger partial charge in [-0.25, -0.2) is 0 Å². The van der Waals surface area contributed by atoms with Crippen molar-refractivity contribution < 1.29 is 26.6 Å². The summed E-state index contributed by atoms with van der Waals surface area (Å²) in [6.07, 6.45) is 7.19. The first-order chi connectivity index (χ1) is 14.5. The van der Waals surface area contributed by atoms with Gasteiger partial charge in [-0.2, -0.15) is 11.8 Å². The second kappa shape index (κ2) is 19.1. The van der Waals surface area contributed by atoms with Gasteiger partial charge in [0.25, 0.3) is 0 Å². The molecule has 0 aliphatic carbocycles. The van der Waals surface area contributed by atoms with E-state index in [-0.39, 0.29) is 5.54 Å². The predicted octanol–water partition coefficient (Wildman–Crippen LogP) is 5.77. The van der Waals surface area contributed by atoms with Crippen molar-refractivity contribution in [2.45, 2.75) is 84.2 Å². The Hall–Kier alpha value is 0.544. The van der Waals surface area contributed by atoms with E-state index in [4.69, 9.17) is 26.6 Å². The second-order valence-electron chi connectivity index (χ2n) is 7.43. The van der Waals surface area contributed by atoms with Crippen LogP contribution in [0.4, 0.5) is 0 Å². The Morgan fingerprint density at radius 2 is 1.17 bits per heavy atom. The van der Waals surface area contributed by atoms with E-state index in [9.17, 15) is 0 Å². The average molecular weight is 485 g/mol. The van der Waals surface area contributed by atoms with Crippen molar-refractivity contribution in [1.29, 1.82) is 0 Å². The van der Waals surface area contributed by atoms with E-state index >= 15 is 0 Å². The summed E-state index contributed by atoms with van der Waals surface area (Å²) < 4.78 is 36.5. The minimum atomic E-state index is -2.77. The van der Waals surface area contributed by atoms with Crippen LogP contribution in [-0.4, -0.2) is 70.3 Å². The molecule has 0 saturated heterocycles. The molecule has 0 aromatic rings. The van der Waals surface area contributed by atoms with Crippen LogP contribution in [0.15, 0.2) is 0 Å². The normalized spacial score (nSPS) is 13.7. The lowest BCUT2D eigenvalue weighted by molar-refractivity contribution is 0.0573. The number of hydrogen-bond donors (Lipinski definition) is 0. The second-order valence-corrected chi connectivity index (χ2v) is 14.6. The van der Waals surface area contributed by atoms with Gasteiger partial charge in [-0.15, -0.1) is 0 Å². The van der Waals surface area contributed by atoms with Gasteiger partial charge in [0, 0.05) is 52.7 Å². The minimum absolute atomic E-state index is 0.194. The zero-order chi connectivity index (χ0) is 22.7. The zero-order valence-corrected chi connectivity index (χ0v) is 23.4. The van der Waals surface area contributed by atoms with Crippen LogP contribution in [0.25, 0.3) is 0 Å². The average Bonchev–Trinajstić information content (AvgIpc) is 2.78. The van der Waals surface area contributed by atoms with E-state index in [1.54, 1.807) is 21.3 Å². The predicted molar refractivity (Wildman–Crippen MR) is 131 cm³/mol. The first-order valence-corrected chi connectivity index (χ1v) is 16.6. The standard InChI is InChI=1S/C21H48O6SSi2/c1-8-12-18-28-19-13-21(30(22-5,23-6)24-7)14-20-29(25-15-9-2,26-16-10-3)27-17-11-4/h21H,8-20H2,1-7H3. The number of unbranched alkanes of at least 4 members (excludes halogenated alkanes) is 1. The maximum atomic E-state index is 6.29. The van der Waals surface area contributed by atoms with Crippen molar-refractivity contribution in [3.63, 3.8) is 0 Å². The Morgan fingerprint density at radius 3 is 1.57 bits per heavy atom. The van der Waals surface area contributed by atoms with E-state index in [0.29, 0.717) is 19.8 Å². The summed E-state index contributed by atoms with van der Waals surface area (Å²) >= 11 is 2.00. The van der Waals surface area contributed by atoms with Gasteiger partial charge in [-0.1, -0.05) is 34.1 Å². The van der Waals surface area contributed by atoms with Crippen LogP contribution in [0.3, 0.4) is 0 Å². The molecule has 0 aromatic heterocycles. The third-order valence-corrected chi connectivity index (χ3v) is 12.2. The Kier molecular flexibility index (Phi) is 19.4. The molecule has 0 aromatic carbocycles. The molecule has 0 aliphatic rings. The van der Waals surface area contributed by atoms with Crippen LogP contribution < -0.4 is 0 Å². The molecular weight excluding hydrogens is 436 g/mol. The summed E-state index contributed by atoms with van der Waals surface area (Å²) in [4.78, 5) is 0. The third-order valence-electron chi connectivity index (χ3n) is 4.98. The molecule has 0 spiro atoms. The smallest absolute Gasteiger partial charge is 0.377 e. The van der Waals surface area contributed by atoms with Crippen LogP contribution in [0.2, 0.25) is 11.6 Å². The molecule has 0 fully saturated rings. The van der Waals surface area contributed by atoms with Crippen LogP contribution in [-0.2, 0) is 26.6 Å². The van der Waals surface area contributed by atoms with Gasteiger partial charge in [0.2, 0.25) is 0 Å². The number of thioether (sulfide) groups is 1. The molecule has 9 heteroatoms. The highest BCUT2D eigenvalue weighted by Crippen LogP contribution is 2.36. The Labute approximate surface area is 192 Å². The van der Waals surface area contributed by atoms with Crippen LogP contribution in [0.1, 0.15) is 72.6 Å². The lowest BCUT2D eigenvalue weighted by Crippen LogP contribution is -2.50. The van der Waals surface area contributed by atoms with Crippen molar-refractivity contribution in [3.8, 4) is 0 Å². The highest BCUT2D eigenvalue weighted by molar-refractivity contribution is 7.99. The molecule has 0 rings (SSSR count). The van der Waals surface area contributed by atoms with Crippen molar-refractivity contribution in [3.05, 3.63) is 0 Å². The molecule has 6 nitrogen and oxygen atoms in total. The van der Waals surface area contributed by atoms with E-state index in [1.165, 1.54) is 18.6 Å². The maximum absolute atomic E-state index is 6.29. The molecule has 182 valence electrons. The molecule has 0 amide bonds. The monoisotopic (exact) mass is 484 g/mol. The van der Waals surface area contributed by atoms with Gasteiger partial charge >= 0.3 is 17.6 Å². The Balaban J connectivity index is 5.37. The van der Waals surface area contributed by atoms with Crippen molar-refractivity contribution in [2.75, 3.05) is 52.7 Å². The maximum Gasteiger partial charge on any atom is 0.503 e. The van der Waals surface area contributed by atoms with Gasteiger partial charge in [0.1, 0.15) is 0 Å². The van der Waals surface area contributed by atoms with E-state index in [2.05, 4.69) is 27.7 Å². The zero-order valence-electron chi connectivity index (χ0n) is 20.6. The highest BCUT2D eigenvalue weighted by atomic mass is 32.2. The molecule has 0 heterocycles. The topological polar surface area (TPSA) is 55.4 Å². The molecule has 0 aliphatic heterocycles. The largest absolute Gasteiger partial charge is 0.503 e. The van der Waals surface area contributed by atoms with Gasteiger partial charge in [-0.3, -0.25) is 0 Å². The van der Waals surface area contributed by atoms with Crippen molar-refractivity contribution in [2.24, 2.45) is 0 Å². The SMILES string of the molecule is CCCCSCCC(CC[Si](OCCC)(OCCC)OCCC)[Si](OC)(OC)OC. The summed E-state index contributed by atoms with van der Waals surface area (Å²) in [6.45, 7) is 10.6. The van der Waals surface area contributed by atoms with Crippen LogP contribution in [0.5, 0.6) is 0 Å². The molecular formula is C21H48O6SSi2. The lowest BCUT2D eigenvalue weighted by Gasteiger charge is -2.35.